The summed E-state index contributed by atoms with van der Waals surface area (Å²) in [5.41, 5.74) is 6.05. The Bertz CT molecular complexity index is 312. The minimum absolute atomic E-state index is 0.00926. The van der Waals surface area contributed by atoms with Crippen LogP contribution in [0, 0.1) is 22.7 Å². The van der Waals surface area contributed by atoms with Gasteiger partial charge < -0.3 is 10.8 Å². The van der Waals surface area contributed by atoms with Gasteiger partial charge in [0.1, 0.15) is 0 Å². The predicted molar refractivity (Wildman–Crippen MR) is 80.9 cm³/mol. The van der Waals surface area contributed by atoms with Gasteiger partial charge in [-0.3, -0.25) is 0 Å². The first-order chi connectivity index (χ1) is 8.75. The van der Waals surface area contributed by atoms with Crippen molar-refractivity contribution in [2.45, 2.75) is 78.2 Å². The maximum atomic E-state index is 11.2. The monoisotopic (exact) mass is 267 g/mol. The molecule has 0 saturated heterocycles. The molecule has 19 heavy (non-hydrogen) atoms. The molecule has 112 valence electrons. The van der Waals surface area contributed by atoms with E-state index < -0.39 is 5.60 Å². The van der Waals surface area contributed by atoms with E-state index in [4.69, 9.17) is 5.73 Å². The van der Waals surface area contributed by atoms with Gasteiger partial charge in [-0.15, -0.1) is 0 Å². The molecule has 0 radical (unpaired) electrons. The molecule has 0 aromatic heterocycles. The van der Waals surface area contributed by atoms with Crippen molar-refractivity contribution in [3.05, 3.63) is 0 Å². The number of nitrogens with two attached hydrogens (primary N) is 1. The first-order valence-electron chi connectivity index (χ1n) is 8.18. The summed E-state index contributed by atoms with van der Waals surface area (Å²) in [4.78, 5) is 0. The molecule has 0 aromatic carbocycles. The van der Waals surface area contributed by atoms with Gasteiger partial charge in [0.25, 0.3) is 0 Å². The van der Waals surface area contributed by atoms with E-state index in [9.17, 15) is 5.11 Å². The fourth-order valence-electron chi connectivity index (χ4n) is 4.80. The van der Waals surface area contributed by atoms with Gasteiger partial charge in [-0.2, -0.15) is 0 Å². The standard InChI is InChI=1S/C17H33NO/c1-13-6-5-9-17(13,19)16(12-18)10-7-14(8-11-16)15(2,3)4/h13-14,19H,5-12,18H2,1-4H3. The van der Waals surface area contributed by atoms with Crippen molar-refractivity contribution in [1.82, 2.24) is 0 Å². The molecule has 2 saturated carbocycles. The number of hydrogen-bond donors (Lipinski definition) is 2. The summed E-state index contributed by atoms with van der Waals surface area (Å²) in [6.07, 6.45) is 8.00. The molecule has 2 rings (SSSR count). The molecule has 2 nitrogen and oxygen atoms in total. The van der Waals surface area contributed by atoms with E-state index in [0.717, 1.165) is 25.2 Å². The van der Waals surface area contributed by atoms with Crippen molar-refractivity contribution in [2.75, 3.05) is 6.54 Å². The quantitative estimate of drug-likeness (QED) is 0.801. The zero-order valence-electron chi connectivity index (χ0n) is 13.3. The van der Waals surface area contributed by atoms with Crippen LogP contribution >= 0.6 is 0 Å². The summed E-state index contributed by atoms with van der Waals surface area (Å²) in [6.45, 7) is 9.92. The first kappa shape index (κ1) is 15.3. The van der Waals surface area contributed by atoms with Crippen molar-refractivity contribution in [1.29, 1.82) is 0 Å². The van der Waals surface area contributed by atoms with Crippen molar-refractivity contribution >= 4 is 0 Å². The van der Waals surface area contributed by atoms with E-state index in [1.165, 1.54) is 25.7 Å². The molecule has 3 N–H and O–H groups in total. The van der Waals surface area contributed by atoms with Crippen molar-refractivity contribution in [3.63, 3.8) is 0 Å². The number of hydrogen-bond acceptors (Lipinski definition) is 2. The largest absolute Gasteiger partial charge is 0.389 e. The highest BCUT2D eigenvalue weighted by Crippen LogP contribution is 2.56. The maximum Gasteiger partial charge on any atom is 0.0741 e. The average molecular weight is 267 g/mol. The van der Waals surface area contributed by atoms with E-state index >= 15 is 0 Å². The third kappa shape index (κ3) is 2.47. The summed E-state index contributed by atoms with van der Waals surface area (Å²) in [7, 11) is 0. The molecular weight excluding hydrogens is 234 g/mol. The van der Waals surface area contributed by atoms with Crippen LogP contribution in [0.5, 0.6) is 0 Å². The van der Waals surface area contributed by atoms with Crippen molar-refractivity contribution < 1.29 is 5.11 Å². The van der Waals surface area contributed by atoms with Gasteiger partial charge in [-0.05, 0) is 55.8 Å². The van der Waals surface area contributed by atoms with Crippen LogP contribution in [0.4, 0.5) is 0 Å². The van der Waals surface area contributed by atoms with E-state index in [1.54, 1.807) is 0 Å². The van der Waals surface area contributed by atoms with E-state index in [0.29, 0.717) is 17.9 Å². The second kappa shape index (κ2) is 5.04. The Morgan fingerprint density at radius 3 is 2.05 bits per heavy atom. The Morgan fingerprint density at radius 2 is 1.68 bits per heavy atom. The van der Waals surface area contributed by atoms with Crippen LogP contribution in [0.2, 0.25) is 0 Å². The molecule has 2 aliphatic rings. The lowest BCUT2D eigenvalue weighted by atomic mass is 9.56. The summed E-state index contributed by atoms with van der Waals surface area (Å²) < 4.78 is 0. The van der Waals surface area contributed by atoms with Gasteiger partial charge in [0.05, 0.1) is 5.60 Å². The van der Waals surface area contributed by atoms with Crippen LogP contribution in [-0.2, 0) is 0 Å². The number of aliphatic hydroxyl groups is 1. The molecule has 2 heteroatoms. The first-order valence-corrected chi connectivity index (χ1v) is 8.18. The second-order valence-corrected chi connectivity index (χ2v) is 8.34. The van der Waals surface area contributed by atoms with E-state index in [1.807, 2.05) is 0 Å². The Kier molecular flexibility index (Phi) is 4.06. The Hall–Kier alpha value is -0.0800. The molecule has 2 fully saturated rings. The molecule has 2 atom stereocenters. The molecule has 0 amide bonds. The molecule has 2 aliphatic carbocycles. The third-order valence-corrected chi connectivity index (χ3v) is 6.49. The van der Waals surface area contributed by atoms with Crippen LogP contribution in [-0.4, -0.2) is 17.3 Å². The topological polar surface area (TPSA) is 46.2 Å². The average Bonchev–Trinajstić information content (AvgIpc) is 2.70. The van der Waals surface area contributed by atoms with Crippen LogP contribution in [0.15, 0.2) is 0 Å². The predicted octanol–water partition coefficient (Wildman–Crippen LogP) is 3.72. The molecule has 0 bridgehead atoms. The van der Waals surface area contributed by atoms with Gasteiger partial charge in [-0.1, -0.05) is 34.1 Å². The summed E-state index contributed by atoms with van der Waals surface area (Å²) in [5, 5.41) is 11.2. The SMILES string of the molecule is CC1CCCC1(O)C1(CN)CCC(C(C)(C)C)CC1. The second-order valence-electron chi connectivity index (χ2n) is 8.34. The third-order valence-electron chi connectivity index (χ3n) is 6.49. The molecule has 0 aromatic rings. The van der Waals surface area contributed by atoms with Crippen LogP contribution in [0.1, 0.15) is 72.6 Å². The molecular formula is C17H33NO. The van der Waals surface area contributed by atoms with Gasteiger partial charge in [0.15, 0.2) is 0 Å². The smallest absolute Gasteiger partial charge is 0.0741 e. The summed E-state index contributed by atoms with van der Waals surface area (Å²) in [6, 6.07) is 0. The summed E-state index contributed by atoms with van der Waals surface area (Å²) in [5.74, 6) is 1.20. The van der Waals surface area contributed by atoms with Crippen LogP contribution in [0.25, 0.3) is 0 Å². The zero-order chi connectivity index (χ0) is 14.3. The number of rotatable bonds is 2. The highest BCUT2D eigenvalue weighted by Gasteiger charge is 2.55. The molecule has 0 heterocycles. The summed E-state index contributed by atoms with van der Waals surface area (Å²) >= 11 is 0. The van der Waals surface area contributed by atoms with Gasteiger partial charge in [0, 0.05) is 12.0 Å². The van der Waals surface area contributed by atoms with Gasteiger partial charge in [0.2, 0.25) is 0 Å². The highest BCUT2D eigenvalue weighted by atomic mass is 16.3. The highest BCUT2D eigenvalue weighted by molar-refractivity contribution is 5.07. The zero-order valence-corrected chi connectivity index (χ0v) is 13.3. The fourth-order valence-corrected chi connectivity index (χ4v) is 4.80. The van der Waals surface area contributed by atoms with E-state index in [-0.39, 0.29) is 5.41 Å². The molecule has 2 unspecified atom stereocenters. The van der Waals surface area contributed by atoms with Gasteiger partial charge in [-0.25, -0.2) is 0 Å². The maximum absolute atomic E-state index is 11.2. The Labute approximate surface area is 119 Å². The molecule has 0 spiro atoms. The van der Waals surface area contributed by atoms with Crippen LogP contribution < -0.4 is 5.73 Å². The lowest BCUT2D eigenvalue weighted by molar-refractivity contribution is -0.130. The van der Waals surface area contributed by atoms with Crippen molar-refractivity contribution in [2.24, 2.45) is 28.4 Å². The van der Waals surface area contributed by atoms with Crippen LogP contribution in [0.3, 0.4) is 0 Å². The normalized spacial score (nSPS) is 44.5. The van der Waals surface area contributed by atoms with E-state index in [2.05, 4.69) is 27.7 Å². The van der Waals surface area contributed by atoms with Crippen molar-refractivity contribution in [3.8, 4) is 0 Å². The minimum Gasteiger partial charge on any atom is -0.389 e. The van der Waals surface area contributed by atoms with Gasteiger partial charge >= 0.3 is 0 Å². The minimum atomic E-state index is -0.495. The Morgan fingerprint density at radius 1 is 1.11 bits per heavy atom. The lowest BCUT2D eigenvalue weighted by Crippen LogP contribution is -2.56. The Balaban J connectivity index is 2.14. The lowest BCUT2D eigenvalue weighted by Gasteiger charge is -2.52. The fraction of sp³-hybridized carbons (Fsp3) is 1.00. The molecule has 0 aliphatic heterocycles.